The number of benzene rings is 2. The van der Waals surface area contributed by atoms with Crippen LogP contribution >= 0.6 is 11.8 Å². The third-order valence-corrected chi connectivity index (χ3v) is 6.19. The monoisotopic (exact) mass is 512 g/mol. The minimum absolute atomic E-state index is 0.0285. The largest absolute Gasteiger partial charge is 0.493 e. The van der Waals surface area contributed by atoms with Crippen molar-refractivity contribution in [1.82, 2.24) is 24.9 Å². The van der Waals surface area contributed by atoms with Crippen LogP contribution in [0, 0.1) is 10.1 Å². The second-order valence-corrected chi connectivity index (χ2v) is 8.52. The first-order valence-electron chi connectivity index (χ1n) is 10.9. The van der Waals surface area contributed by atoms with Crippen molar-refractivity contribution in [2.45, 2.75) is 11.6 Å². The van der Waals surface area contributed by atoms with E-state index in [4.69, 9.17) is 24.2 Å². The fraction of sp³-hybridized carbons (Fsp3) is 0.304. The zero-order valence-electron chi connectivity index (χ0n) is 19.9. The van der Waals surface area contributed by atoms with Crippen molar-refractivity contribution in [2.75, 3.05) is 40.2 Å². The molecule has 4 aromatic rings. The van der Waals surface area contributed by atoms with Crippen LogP contribution in [0.1, 0.15) is 6.42 Å². The molecule has 12 nitrogen and oxygen atoms in total. The van der Waals surface area contributed by atoms with E-state index in [0.717, 1.165) is 0 Å². The zero-order chi connectivity index (χ0) is 25.7. The predicted molar refractivity (Wildman–Crippen MR) is 134 cm³/mol. The molecule has 0 bridgehead atoms. The molecule has 0 radical (unpaired) electrons. The van der Waals surface area contributed by atoms with Gasteiger partial charge in [0.05, 0.1) is 30.4 Å². The lowest BCUT2D eigenvalue weighted by molar-refractivity contribution is -0.384. The Bertz CT molecular complexity index is 1410. The molecule has 0 saturated heterocycles. The number of carbonyl (C=O) groups is 1. The van der Waals surface area contributed by atoms with E-state index >= 15 is 0 Å². The highest BCUT2D eigenvalue weighted by Gasteiger charge is 2.19. The summed E-state index contributed by atoms with van der Waals surface area (Å²) in [5.74, 6) is 1.35. The van der Waals surface area contributed by atoms with Gasteiger partial charge in [0.1, 0.15) is 0 Å². The van der Waals surface area contributed by atoms with Crippen LogP contribution in [0.3, 0.4) is 0 Å². The van der Waals surface area contributed by atoms with Gasteiger partial charge in [-0.05, 0) is 24.6 Å². The second kappa shape index (κ2) is 11.2. The molecule has 2 heterocycles. The van der Waals surface area contributed by atoms with Gasteiger partial charge in [-0.15, -0.1) is 5.10 Å². The summed E-state index contributed by atoms with van der Waals surface area (Å²) in [7, 11) is 4.69. The first-order chi connectivity index (χ1) is 17.4. The average Bonchev–Trinajstić information content (AvgIpc) is 3.35. The fourth-order valence-electron chi connectivity index (χ4n) is 3.48. The summed E-state index contributed by atoms with van der Waals surface area (Å²) in [6.45, 7) is 1.08. The molecule has 0 saturated carbocycles. The molecule has 1 N–H and O–H groups in total. The number of rotatable bonds is 11. The molecule has 2 aromatic carbocycles. The van der Waals surface area contributed by atoms with Crippen molar-refractivity contribution in [2.24, 2.45) is 0 Å². The van der Waals surface area contributed by atoms with E-state index in [9.17, 15) is 14.9 Å². The lowest BCUT2D eigenvalue weighted by Gasteiger charge is -2.11. The number of ether oxygens (including phenoxy) is 3. The number of fused-ring (bicyclic) bond motifs is 3. The number of methoxy groups -OCH3 is 3. The van der Waals surface area contributed by atoms with Crippen molar-refractivity contribution in [3.63, 3.8) is 0 Å². The highest BCUT2D eigenvalue weighted by molar-refractivity contribution is 7.99. The second-order valence-electron chi connectivity index (χ2n) is 7.58. The number of aromatic nitrogens is 4. The maximum atomic E-state index is 12.3. The van der Waals surface area contributed by atoms with Crippen LogP contribution in [0.5, 0.6) is 11.5 Å². The number of hydrogen-bond acceptors (Lipinski definition) is 10. The van der Waals surface area contributed by atoms with Gasteiger partial charge in [-0.1, -0.05) is 11.8 Å². The molecule has 13 heteroatoms. The summed E-state index contributed by atoms with van der Waals surface area (Å²) in [4.78, 5) is 32.3. The quantitative estimate of drug-likeness (QED) is 0.105. The molecule has 188 valence electrons. The van der Waals surface area contributed by atoms with Gasteiger partial charge in [0.2, 0.25) is 5.91 Å². The SMILES string of the molecule is COCCCNC(=O)CSc1nc2cc(OC)c(OC)cc2c2nc(-c3ccc([N+](=O)[O-])cc3)nn12. The van der Waals surface area contributed by atoms with Crippen molar-refractivity contribution in [3.05, 3.63) is 46.5 Å². The van der Waals surface area contributed by atoms with Crippen LogP contribution in [0.25, 0.3) is 27.9 Å². The highest BCUT2D eigenvalue weighted by atomic mass is 32.2. The first kappa shape index (κ1) is 25.1. The third kappa shape index (κ3) is 5.31. The number of thioether (sulfide) groups is 1. The Hall–Kier alpha value is -3.97. The summed E-state index contributed by atoms with van der Waals surface area (Å²) in [5, 5.41) is 19.6. The van der Waals surface area contributed by atoms with E-state index in [1.54, 1.807) is 35.9 Å². The van der Waals surface area contributed by atoms with Crippen LogP contribution in [-0.4, -0.2) is 70.6 Å². The fourth-order valence-corrected chi connectivity index (χ4v) is 4.26. The van der Waals surface area contributed by atoms with Gasteiger partial charge in [-0.25, -0.2) is 9.97 Å². The number of nitro groups is 1. The number of amides is 1. The number of carbonyl (C=O) groups excluding carboxylic acids is 1. The molecule has 0 aliphatic heterocycles. The van der Waals surface area contributed by atoms with Crippen LogP contribution in [-0.2, 0) is 9.53 Å². The Balaban J connectivity index is 1.75. The third-order valence-electron chi connectivity index (χ3n) is 5.26. The number of nitro benzene ring substituents is 1. The molecule has 4 rings (SSSR count). The van der Waals surface area contributed by atoms with Crippen LogP contribution in [0.15, 0.2) is 41.6 Å². The molecule has 2 aromatic heterocycles. The van der Waals surface area contributed by atoms with Gasteiger partial charge in [-0.3, -0.25) is 14.9 Å². The molecule has 0 fully saturated rings. The van der Waals surface area contributed by atoms with E-state index in [2.05, 4.69) is 10.4 Å². The Morgan fingerprint density at radius 2 is 1.83 bits per heavy atom. The molecule has 0 spiro atoms. The Morgan fingerprint density at radius 3 is 2.50 bits per heavy atom. The van der Waals surface area contributed by atoms with Gasteiger partial charge in [0.15, 0.2) is 28.1 Å². The Labute approximate surface area is 210 Å². The van der Waals surface area contributed by atoms with E-state index in [-0.39, 0.29) is 17.3 Å². The Kier molecular flexibility index (Phi) is 7.80. The molecule has 0 unspecified atom stereocenters. The number of non-ortho nitro benzene ring substituents is 1. The van der Waals surface area contributed by atoms with Crippen LogP contribution < -0.4 is 14.8 Å². The van der Waals surface area contributed by atoms with Gasteiger partial charge < -0.3 is 19.5 Å². The standard InChI is InChI=1S/C23H24N6O6S/c1-33-10-4-9-24-20(30)13-36-23-25-17-12-19(35-3)18(34-2)11-16(17)22-26-21(27-28(22)23)14-5-7-15(8-6-14)29(31)32/h5-8,11-12H,4,9-10,13H2,1-3H3,(H,24,30). The van der Waals surface area contributed by atoms with Crippen molar-refractivity contribution < 1.29 is 23.9 Å². The van der Waals surface area contributed by atoms with E-state index in [1.807, 2.05) is 0 Å². The summed E-state index contributed by atoms with van der Waals surface area (Å²) in [5.41, 5.74) is 1.66. The van der Waals surface area contributed by atoms with Gasteiger partial charge in [0.25, 0.3) is 5.69 Å². The average molecular weight is 513 g/mol. The smallest absolute Gasteiger partial charge is 0.269 e. The molecule has 1 amide bonds. The molecular weight excluding hydrogens is 488 g/mol. The first-order valence-corrected chi connectivity index (χ1v) is 11.9. The van der Waals surface area contributed by atoms with Crippen molar-refractivity contribution >= 4 is 39.9 Å². The summed E-state index contributed by atoms with van der Waals surface area (Å²) in [6, 6.07) is 9.48. The van der Waals surface area contributed by atoms with E-state index in [1.165, 1.54) is 38.1 Å². The Morgan fingerprint density at radius 1 is 1.11 bits per heavy atom. The molecule has 36 heavy (non-hydrogen) atoms. The molecule has 0 aliphatic carbocycles. The van der Waals surface area contributed by atoms with Gasteiger partial charge in [-0.2, -0.15) is 4.52 Å². The summed E-state index contributed by atoms with van der Waals surface area (Å²) in [6.07, 6.45) is 0.717. The van der Waals surface area contributed by atoms with E-state index < -0.39 is 4.92 Å². The summed E-state index contributed by atoms with van der Waals surface area (Å²) < 4.78 is 17.4. The number of nitrogens with one attached hydrogen (secondary N) is 1. The minimum Gasteiger partial charge on any atom is -0.493 e. The zero-order valence-corrected chi connectivity index (χ0v) is 20.7. The lowest BCUT2D eigenvalue weighted by Crippen LogP contribution is -2.27. The predicted octanol–water partition coefficient (Wildman–Crippen LogP) is 3.11. The molecule has 0 atom stereocenters. The summed E-state index contributed by atoms with van der Waals surface area (Å²) >= 11 is 1.22. The number of nitrogens with zero attached hydrogens (tertiary/aromatic N) is 5. The van der Waals surface area contributed by atoms with Gasteiger partial charge in [0, 0.05) is 49.4 Å². The normalized spacial score (nSPS) is 11.1. The minimum atomic E-state index is -0.465. The van der Waals surface area contributed by atoms with Crippen LogP contribution in [0.4, 0.5) is 5.69 Å². The van der Waals surface area contributed by atoms with Gasteiger partial charge >= 0.3 is 0 Å². The topological polar surface area (TPSA) is 143 Å². The van der Waals surface area contributed by atoms with Crippen molar-refractivity contribution in [3.8, 4) is 22.9 Å². The molecular formula is C23H24N6O6S. The number of hydrogen-bond donors (Lipinski definition) is 1. The van der Waals surface area contributed by atoms with E-state index in [0.29, 0.717) is 64.2 Å². The van der Waals surface area contributed by atoms with Crippen LogP contribution in [0.2, 0.25) is 0 Å². The molecule has 0 aliphatic rings. The van der Waals surface area contributed by atoms with Crippen molar-refractivity contribution in [1.29, 1.82) is 0 Å². The lowest BCUT2D eigenvalue weighted by atomic mass is 10.2. The maximum Gasteiger partial charge on any atom is 0.269 e. The maximum absolute atomic E-state index is 12.3. The highest BCUT2D eigenvalue weighted by Crippen LogP contribution is 2.35.